The normalized spacial score (nSPS) is 23.2. The molecule has 1 rings (SSSR count). The summed E-state index contributed by atoms with van der Waals surface area (Å²) in [4.78, 5) is 11.4. The number of hydrogen-bond acceptors (Lipinski definition) is 4. The number of aliphatic hydroxyl groups is 2. The van der Waals surface area contributed by atoms with Gasteiger partial charge in [-0.05, 0) is 0 Å². The fraction of sp³-hybridized carbons (Fsp3) is 0.625. The summed E-state index contributed by atoms with van der Waals surface area (Å²) in [6, 6.07) is 0. The van der Waals surface area contributed by atoms with Gasteiger partial charge in [-0.1, -0.05) is 0 Å². The van der Waals surface area contributed by atoms with Gasteiger partial charge in [0, 0.05) is 0 Å². The zero-order chi connectivity index (χ0) is 12.3. The first kappa shape index (κ1) is 15.3. The Labute approximate surface area is 115 Å². The summed E-state index contributed by atoms with van der Waals surface area (Å²) in [7, 11) is 0. The van der Waals surface area contributed by atoms with E-state index >= 15 is 0 Å². The Morgan fingerprint density at radius 2 is 2.12 bits per heavy atom. The molecule has 0 aromatic heterocycles. The van der Waals surface area contributed by atoms with Crippen LogP contribution in [0.1, 0.15) is 13.8 Å². The molecule has 0 saturated heterocycles. The van der Waals surface area contributed by atoms with Gasteiger partial charge in [0.2, 0.25) is 0 Å². The second-order valence-electron chi connectivity index (χ2n) is 3.24. The molecule has 0 bridgehead atoms. The van der Waals surface area contributed by atoms with Crippen LogP contribution in [-0.2, 0) is 4.79 Å². The summed E-state index contributed by atoms with van der Waals surface area (Å²) in [6.07, 6.45) is -1.03. The summed E-state index contributed by atoms with van der Waals surface area (Å²) < 4.78 is 11.7. The molecule has 8 heteroatoms. The quantitative estimate of drug-likeness (QED) is 0.201. The third-order valence-corrected chi connectivity index (χ3v) is 30.9. The van der Waals surface area contributed by atoms with E-state index in [1.807, 2.05) is 6.92 Å². The number of aliphatic hydroxyl groups excluding tert-OH is 2. The number of halogens is 3. The van der Waals surface area contributed by atoms with E-state index in [0.29, 0.717) is 0 Å². The molecule has 1 aliphatic heterocycles. The molecule has 0 aliphatic carbocycles. The van der Waals surface area contributed by atoms with Gasteiger partial charge in [0.1, 0.15) is 0 Å². The molecule has 1 aliphatic rings. The SMILES string of the molecule is CC(O)C(=O)NC1=C(C(C)CO)[I-]I(O)[I-]1. The van der Waals surface area contributed by atoms with Gasteiger partial charge in [0.05, 0.1) is 0 Å². The van der Waals surface area contributed by atoms with E-state index in [2.05, 4.69) is 5.32 Å². The molecule has 0 radical (unpaired) electrons. The number of carbonyl (C=O) groups excluding carboxylic acids is 1. The van der Waals surface area contributed by atoms with Crippen molar-refractivity contribution >= 4 is 18.2 Å². The molecule has 0 spiro atoms. The Hall–Kier alpha value is 1.28. The maximum atomic E-state index is 11.4. The van der Waals surface area contributed by atoms with Crippen LogP contribution >= 0.6 is 12.3 Å². The van der Waals surface area contributed by atoms with Crippen molar-refractivity contribution in [3.05, 3.63) is 7.28 Å². The van der Waals surface area contributed by atoms with Crippen molar-refractivity contribution in [1.29, 1.82) is 0 Å². The zero-order valence-corrected chi connectivity index (χ0v) is 15.2. The summed E-state index contributed by atoms with van der Waals surface area (Å²) in [5, 5.41) is 20.9. The molecule has 16 heavy (non-hydrogen) atoms. The molecule has 98 valence electrons. The Morgan fingerprint density at radius 1 is 1.50 bits per heavy atom. The molecular formula is C8H14I3NO4-2. The summed E-state index contributed by atoms with van der Waals surface area (Å²) >= 11 is -2.53. The van der Waals surface area contributed by atoms with Crippen LogP contribution in [0.4, 0.5) is 0 Å². The molecule has 4 N–H and O–H groups in total. The van der Waals surface area contributed by atoms with Crippen LogP contribution in [0.15, 0.2) is 7.28 Å². The minimum absolute atomic E-state index is 0.0336. The number of rotatable bonds is 4. The third-order valence-electron chi connectivity index (χ3n) is 1.79. The van der Waals surface area contributed by atoms with Crippen molar-refractivity contribution in [2.24, 2.45) is 5.92 Å². The second-order valence-corrected chi connectivity index (χ2v) is 33.6. The number of nitrogens with one attached hydrogen (secondary N) is 1. The minimum atomic E-state index is -1.75. The average molecular weight is 569 g/mol. The molecule has 2 unspecified atom stereocenters. The standard InChI is InChI=1S/C8H14I3NO4/c1-4(3-13)6-7(10-11(16)9-6)12-8(15)5(2)14/h4-5,13-14,16H,3H2,1-2H3,(H,12,15)/q-2. The van der Waals surface area contributed by atoms with E-state index in [9.17, 15) is 8.23 Å². The third kappa shape index (κ3) is 4.19. The number of hydrogen-bond donors (Lipinski definition) is 4. The van der Waals surface area contributed by atoms with Gasteiger partial charge in [-0.2, -0.15) is 0 Å². The van der Waals surface area contributed by atoms with Gasteiger partial charge in [-0.15, -0.1) is 0 Å². The van der Waals surface area contributed by atoms with Gasteiger partial charge in [0.15, 0.2) is 0 Å². The second kappa shape index (κ2) is 7.01. The van der Waals surface area contributed by atoms with Crippen molar-refractivity contribution in [2.75, 3.05) is 6.61 Å². The zero-order valence-electron chi connectivity index (χ0n) is 8.75. The van der Waals surface area contributed by atoms with Crippen LogP contribution in [-0.4, -0.2) is 32.3 Å². The van der Waals surface area contributed by atoms with Crippen LogP contribution in [0, 0.1) is 5.92 Å². The molecule has 0 aromatic carbocycles. The molecule has 0 saturated carbocycles. The van der Waals surface area contributed by atoms with E-state index in [4.69, 9.17) is 10.2 Å². The molecule has 5 nitrogen and oxygen atoms in total. The van der Waals surface area contributed by atoms with Gasteiger partial charge in [-0.25, -0.2) is 0 Å². The van der Waals surface area contributed by atoms with E-state index in [1.54, 1.807) is 0 Å². The van der Waals surface area contributed by atoms with Gasteiger partial charge in [0.25, 0.3) is 0 Å². The topological polar surface area (TPSA) is 89.8 Å². The predicted molar refractivity (Wildman–Crippen MR) is 59.3 cm³/mol. The first-order valence-corrected chi connectivity index (χ1v) is 20.2. The molecule has 1 amide bonds. The Bertz CT molecular complexity index is 308. The van der Waals surface area contributed by atoms with Gasteiger partial charge >= 0.3 is 116 Å². The molecule has 1 heterocycles. The van der Waals surface area contributed by atoms with E-state index in [1.165, 1.54) is 6.92 Å². The summed E-state index contributed by atoms with van der Waals surface area (Å²) in [5.74, 6) is -0.376. The Kier molecular flexibility index (Phi) is 6.72. The fourth-order valence-electron chi connectivity index (χ4n) is 0.858. The molecule has 0 fully saturated rings. The summed E-state index contributed by atoms with van der Waals surface area (Å²) in [6.45, 7) is 3.38. The maximum absolute atomic E-state index is 11.4. The van der Waals surface area contributed by atoms with Gasteiger partial charge < -0.3 is 0 Å². The van der Waals surface area contributed by atoms with Crippen LogP contribution in [0.25, 0.3) is 0 Å². The van der Waals surface area contributed by atoms with Crippen molar-refractivity contribution < 1.29 is 52.9 Å². The van der Waals surface area contributed by atoms with Crippen molar-refractivity contribution in [2.45, 2.75) is 20.0 Å². The van der Waals surface area contributed by atoms with E-state index in [-0.39, 0.29) is 29.8 Å². The number of carbonyl (C=O) groups is 1. The van der Waals surface area contributed by atoms with Crippen LogP contribution in [0.5, 0.6) is 0 Å². The fourth-order valence-corrected chi connectivity index (χ4v) is 39.5. The van der Waals surface area contributed by atoms with Crippen LogP contribution in [0.2, 0.25) is 0 Å². The average Bonchev–Trinajstić information content (AvgIpc) is 2.58. The monoisotopic (exact) mass is 569 g/mol. The molecule has 0 aromatic rings. The van der Waals surface area contributed by atoms with Crippen molar-refractivity contribution in [3.63, 3.8) is 0 Å². The Morgan fingerprint density at radius 3 is 2.62 bits per heavy atom. The van der Waals surface area contributed by atoms with Crippen LogP contribution < -0.4 is 39.8 Å². The first-order chi connectivity index (χ1) is 7.45. The van der Waals surface area contributed by atoms with E-state index < -0.39 is 41.5 Å². The van der Waals surface area contributed by atoms with Crippen molar-refractivity contribution in [3.8, 4) is 0 Å². The predicted octanol–water partition coefficient (Wildman–Crippen LogP) is -6.28. The molecule has 2 atom stereocenters. The van der Waals surface area contributed by atoms with Crippen LogP contribution in [0.3, 0.4) is 0 Å². The number of amides is 1. The Balaban J connectivity index is 2.77. The van der Waals surface area contributed by atoms with Crippen molar-refractivity contribution in [1.82, 2.24) is 5.32 Å². The molecular weight excluding hydrogens is 555 g/mol. The van der Waals surface area contributed by atoms with E-state index in [0.717, 1.165) is 7.28 Å². The van der Waals surface area contributed by atoms with Gasteiger partial charge in [-0.3, -0.25) is 0 Å². The summed E-state index contributed by atoms with van der Waals surface area (Å²) in [5.41, 5.74) is 0. The first-order valence-electron chi connectivity index (χ1n) is 4.50.